The van der Waals surface area contributed by atoms with Crippen molar-refractivity contribution in [2.24, 2.45) is 11.8 Å². The normalized spacial score (nSPS) is 21.5. The van der Waals surface area contributed by atoms with Gasteiger partial charge in [-0.1, -0.05) is 37.6 Å². The van der Waals surface area contributed by atoms with Gasteiger partial charge in [-0.15, -0.1) is 0 Å². The molecule has 2 atom stereocenters. The molecule has 2 unspecified atom stereocenters. The van der Waals surface area contributed by atoms with Gasteiger partial charge in [0.1, 0.15) is 5.82 Å². The Morgan fingerprint density at radius 3 is 2.71 bits per heavy atom. The highest BCUT2D eigenvalue weighted by molar-refractivity contribution is 6.01. The van der Waals surface area contributed by atoms with Gasteiger partial charge in [0.15, 0.2) is 0 Å². The van der Waals surface area contributed by atoms with Gasteiger partial charge in [0.25, 0.3) is 5.91 Å². The third kappa shape index (κ3) is 4.29. The Balaban J connectivity index is 1.45. The average Bonchev–Trinajstić information content (AvgIpc) is 2.99. The first-order valence-electron chi connectivity index (χ1n) is 12.9. The van der Waals surface area contributed by atoms with Crippen LogP contribution in [-0.2, 0) is 17.6 Å². The lowest BCUT2D eigenvalue weighted by molar-refractivity contribution is -0.119. The van der Waals surface area contributed by atoms with Crippen LogP contribution in [0.4, 0.5) is 5.69 Å². The van der Waals surface area contributed by atoms with Crippen LogP contribution in [-0.4, -0.2) is 24.4 Å². The molecule has 0 bridgehead atoms. The van der Waals surface area contributed by atoms with Gasteiger partial charge in [-0.05, 0) is 98.4 Å². The second-order valence-electron chi connectivity index (χ2n) is 10.4. The summed E-state index contributed by atoms with van der Waals surface area (Å²) < 4.78 is 0. The first-order chi connectivity index (χ1) is 16.9. The van der Waals surface area contributed by atoms with Crippen LogP contribution in [0.2, 0.25) is 0 Å². The monoisotopic (exact) mass is 469 g/mol. The van der Waals surface area contributed by atoms with E-state index in [0.29, 0.717) is 11.5 Å². The summed E-state index contributed by atoms with van der Waals surface area (Å²) in [5, 5.41) is 6.31. The van der Waals surface area contributed by atoms with Crippen molar-refractivity contribution in [1.82, 2.24) is 10.6 Å². The SMILES string of the molecule is CCC1CNC(=O)C2=Cc3ccc(C(=O)NC4=C(C)CCc5ccccc5N4C(C)C)cc3CC21. The Morgan fingerprint density at radius 1 is 1.14 bits per heavy atom. The van der Waals surface area contributed by atoms with E-state index in [1.165, 1.54) is 16.8 Å². The number of para-hydroxylation sites is 1. The van der Waals surface area contributed by atoms with Crippen LogP contribution < -0.4 is 15.5 Å². The highest BCUT2D eigenvalue weighted by atomic mass is 16.2. The van der Waals surface area contributed by atoms with Crippen LogP contribution in [0.15, 0.2) is 59.4 Å². The molecule has 2 N–H and O–H groups in total. The minimum atomic E-state index is -0.0876. The molecule has 0 aromatic heterocycles. The van der Waals surface area contributed by atoms with Crippen LogP contribution in [0.25, 0.3) is 6.08 Å². The molecule has 3 aliphatic rings. The number of nitrogens with one attached hydrogen (secondary N) is 2. The van der Waals surface area contributed by atoms with Gasteiger partial charge in [0.05, 0.1) is 0 Å². The Hall–Kier alpha value is -3.34. The zero-order chi connectivity index (χ0) is 24.7. The summed E-state index contributed by atoms with van der Waals surface area (Å²) in [7, 11) is 0. The van der Waals surface area contributed by atoms with Gasteiger partial charge < -0.3 is 15.5 Å². The van der Waals surface area contributed by atoms with E-state index >= 15 is 0 Å². The van der Waals surface area contributed by atoms with E-state index in [-0.39, 0.29) is 23.8 Å². The Kier molecular flexibility index (Phi) is 6.26. The Bertz CT molecular complexity index is 1240. The van der Waals surface area contributed by atoms with Crippen molar-refractivity contribution in [3.05, 3.63) is 81.7 Å². The largest absolute Gasteiger partial charge is 0.352 e. The molecule has 5 nitrogen and oxygen atoms in total. The lowest BCUT2D eigenvalue weighted by Crippen LogP contribution is -2.44. The number of amides is 2. The summed E-state index contributed by atoms with van der Waals surface area (Å²) in [6, 6.07) is 14.6. The maximum absolute atomic E-state index is 13.5. The maximum atomic E-state index is 13.5. The van der Waals surface area contributed by atoms with Gasteiger partial charge in [-0.3, -0.25) is 9.59 Å². The zero-order valence-electron chi connectivity index (χ0n) is 21.2. The van der Waals surface area contributed by atoms with Crippen LogP contribution in [0.1, 0.15) is 67.6 Å². The molecule has 2 amide bonds. The number of hydrogen-bond acceptors (Lipinski definition) is 3. The van der Waals surface area contributed by atoms with Crippen LogP contribution in [0.5, 0.6) is 0 Å². The first kappa shape index (κ1) is 23.4. The lowest BCUT2D eigenvalue weighted by Gasteiger charge is -2.36. The van der Waals surface area contributed by atoms with E-state index in [4.69, 9.17) is 0 Å². The van der Waals surface area contributed by atoms with Gasteiger partial charge in [0, 0.05) is 29.4 Å². The Morgan fingerprint density at radius 2 is 1.94 bits per heavy atom. The molecule has 35 heavy (non-hydrogen) atoms. The standard InChI is InChI=1S/C30H35N3O2/c1-5-20-17-31-30(35)26-15-22-12-13-23(14-24(22)16-25(20)26)29(34)32-28-19(4)10-11-21-8-6-7-9-27(21)33(28)18(2)3/h6-9,12-15,18,20,25H,5,10-11,16-17H2,1-4H3,(H,31,35)(H,32,34). The number of piperidine rings is 1. The van der Waals surface area contributed by atoms with Crippen molar-refractivity contribution in [1.29, 1.82) is 0 Å². The molecule has 2 heterocycles. The third-order valence-corrected chi connectivity index (χ3v) is 7.85. The van der Waals surface area contributed by atoms with Crippen molar-refractivity contribution in [3.63, 3.8) is 0 Å². The number of rotatable bonds is 4. The molecular formula is C30H35N3O2. The predicted molar refractivity (Wildman–Crippen MR) is 141 cm³/mol. The minimum absolute atomic E-state index is 0.0528. The number of allylic oxidation sites excluding steroid dienone is 1. The fourth-order valence-corrected chi connectivity index (χ4v) is 5.84. The first-order valence-corrected chi connectivity index (χ1v) is 12.9. The van der Waals surface area contributed by atoms with Crippen molar-refractivity contribution < 1.29 is 9.59 Å². The van der Waals surface area contributed by atoms with E-state index in [1.807, 2.05) is 24.3 Å². The number of hydrogen-bond donors (Lipinski definition) is 2. The number of benzene rings is 2. The zero-order valence-corrected chi connectivity index (χ0v) is 21.2. The minimum Gasteiger partial charge on any atom is -0.352 e. The maximum Gasteiger partial charge on any atom is 0.256 e. The van der Waals surface area contributed by atoms with E-state index < -0.39 is 0 Å². The van der Waals surface area contributed by atoms with E-state index in [2.05, 4.69) is 67.5 Å². The number of carbonyl (C=O) groups excluding carboxylic acids is 2. The average molecular weight is 470 g/mol. The molecule has 2 aromatic carbocycles. The van der Waals surface area contributed by atoms with E-state index in [0.717, 1.165) is 54.7 Å². The van der Waals surface area contributed by atoms with Crippen LogP contribution in [0.3, 0.4) is 0 Å². The van der Waals surface area contributed by atoms with Crippen molar-refractivity contribution in [2.75, 3.05) is 11.4 Å². The molecule has 0 saturated carbocycles. The summed E-state index contributed by atoms with van der Waals surface area (Å²) in [4.78, 5) is 28.3. The highest BCUT2D eigenvalue weighted by Crippen LogP contribution is 2.37. The second-order valence-corrected chi connectivity index (χ2v) is 10.4. The molecular weight excluding hydrogens is 434 g/mol. The summed E-state index contributed by atoms with van der Waals surface area (Å²) >= 11 is 0. The van der Waals surface area contributed by atoms with Crippen LogP contribution >= 0.6 is 0 Å². The number of aryl methyl sites for hydroxylation is 1. The van der Waals surface area contributed by atoms with Gasteiger partial charge in [-0.25, -0.2) is 0 Å². The molecule has 2 aliphatic heterocycles. The summed E-state index contributed by atoms with van der Waals surface area (Å²) in [6.07, 6.45) is 5.73. The van der Waals surface area contributed by atoms with Crippen molar-refractivity contribution in [3.8, 4) is 0 Å². The fraction of sp³-hybridized carbons (Fsp3) is 0.400. The van der Waals surface area contributed by atoms with Gasteiger partial charge in [0.2, 0.25) is 5.91 Å². The van der Waals surface area contributed by atoms with E-state index in [9.17, 15) is 9.59 Å². The lowest BCUT2D eigenvalue weighted by atomic mass is 9.72. The van der Waals surface area contributed by atoms with Crippen molar-refractivity contribution >= 4 is 23.6 Å². The molecule has 5 heteroatoms. The summed E-state index contributed by atoms with van der Waals surface area (Å²) in [6.45, 7) is 9.35. The topological polar surface area (TPSA) is 61.4 Å². The fourth-order valence-electron chi connectivity index (χ4n) is 5.84. The quantitative estimate of drug-likeness (QED) is 0.645. The highest BCUT2D eigenvalue weighted by Gasteiger charge is 2.35. The smallest absolute Gasteiger partial charge is 0.256 e. The molecule has 5 rings (SSSR count). The van der Waals surface area contributed by atoms with Crippen LogP contribution in [0, 0.1) is 11.8 Å². The molecule has 0 radical (unpaired) electrons. The van der Waals surface area contributed by atoms with Gasteiger partial charge >= 0.3 is 0 Å². The molecule has 182 valence electrons. The van der Waals surface area contributed by atoms with Gasteiger partial charge in [-0.2, -0.15) is 0 Å². The second kappa shape index (κ2) is 9.37. The third-order valence-electron chi connectivity index (χ3n) is 7.85. The molecule has 2 aromatic rings. The predicted octanol–water partition coefficient (Wildman–Crippen LogP) is 5.22. The van der Waals surface area contributed by atoms with E-state index in [1.54, 1.807) is 0 Å². The number of nitrogens with zero attached hydrogens (tertiary/aromatic N) is 1. The molecule has 1 fully saturated rings. The molecule has 0 spiro atoms. The molecule has 1 aliphatic carbocycles. The number of fused-ring (bicyclic) bond motifs is 3. The van der Waals surface area contributed by atoms with Crippen molar-refractivity contribution in [2.45, 2.75) is 59.4 Å². The molecule has 1 saturated heterocycles. The number of carbonyl (C=O) groups is 2. The number of anilines is 1. The Labute approximate surface area is 208 Å². The summed E-state index contributed by atoms with van der Waals surface area (Å²) in [5.41, 5.74) is 7.41. The summed E-state index contributed by atoms with van der Waals surface area (Å²) in [5.74, 6) is 1.51.